The summed E-state index contributed by atoms with van der Waals surface area (Å²) in [5.41, 5.74) is 0.794. The first-order valence-electron chi connectivity index (χ1n) is 6.70. The zero-order valence-corrected chi connectivity index (χ0v) is 11.9. The standard InChI is InChI=1S/C15H22N2O2/c1-15(2)14(18)17(11-9-16-15)10-8-12-4-6-13(19-3)7-5-12/h4-7,16H,8-11H2,1-3H3. The van der Waals surface area contributed by atoms with Crippen molar-refractivity contribution in [3.8, 4) is 5.75 Å². The second kappa shape index (κ2) is 5.61. The molecule has 1 fully saturated rings. The van der Waals surface area contributed by atoms with E-state index in [0.29, 0.717) is 0 Å². The van der Waals surface area contributed by atoms with Gasteiger partial charge < -0.3 is 15.0 Å². The van der Waals surface area contributed by atoms with Gasteiger partial charge in [0.1, 0.15) is 5.75 Å². The van der Waals surface area contributed by atoms with Gasteiger partial charge in [-0.05, 0) is 38.0 Å². The normalized spacial score (nSPS) is 18.5. The average Bonchev–Trinajstić information content (AvgIpc) is 2.41. The summed E-state index contributed by atoms with van der Waals surface area (Å²) < 4.78 is 5.14. The summed E-state index contributed by atoms with van der Waals surface area (Å²) in [7, 11) is 1.66. The molecule has 0 aromatic heterocycles. The van der Waals surface area contributed by atoms with Gasteiger partial charge in [-0.3, -0.25) is 4.79 Å². The Hall–Kier alpha value is -1.55. The maximum absolute atomic E-state index is 12.2. The van der Waals surface area contributed by atoms with Crippen LogP contribution in [0, 0.1) is 0 Å². The first kappa shape index (κ1) is 13.9. The monoisotopic (exact) mass is 262 g/mol. The quantitative estimate of drug-likeness (QED) is 0.893. The van der Waals surface area contributed by atoms with E-state index in [1.54, 1.807) is 7.11 Å². The highest BCUT2D eigenvalue weighted by Crippen LogP contribution is 2.15. The number of hydrogen-bond acceptors (Lipinski definition) is 3. The molecule has 1 aromatic carbocycles. The fraction of sp³-hybridized carbons (Fsp3) is 0.533. The Labute approximate surface area is 114 Å². The molecule has 1 N–H and O–H groups in total. The number of nitrogens with one attached hydrogen (secondary N) is 1. The lowest BCUT2D eigenvalue weighted by molar-refractivity contribution is -0.139. The summed E-state index contributed by atoms with van der Waals surface area (Å²) in [6, 6.07) is 8.02. The molecule has 19 heavy (non-hydrogen) atoms. The molecule has 0 aliphatic carbocycles. The summed E-state index contributed by atoms with van der Waals surface area (Å²) in [6.45, 7) is 6.31. The predicted molar refractivity (Wildman–Crippen MR) is 75.4 cm³/mol. The number of methoxy groups -OCH3 is 1. The van der Waals surface area contributed by atoms with Crippen LogP contribution in [0.4, 0.5) is 0 Å². The van der Waals surface area contributed by atoms with Crippen LogP contribution in [0.25, 0.3) is 0 Å². The second-order valence-electron chi connectivity index (χ2n) is 5.44. The van der Waals surface area contributed by atoms with Gasteiger partial charge in [0.2, 0.25) is 5.91 Å². The van der Waals surface area contributed by atoms with Gasteiger partial charge in [0.05, 0.1) is 12.6 Å². The van der Waals surface area contributed by atoms with Crippen LogP contribution in [0.15, 0.2) is 24.3 Å². The molecule has 104 valence electrons. The first-order chi connectivity index (χ1) is 9.03. The Morgan fingerprint density at radius 2 is 2.00 bits per heavy atom. The lowest BCUT2D eigenvalue weighted by Gasteiger charge is -2.38. The molecule has 0 saturated carbocycles. The van der Waals surface area contributed by atoms with E-state index in [-0.39, 0.29) is 5.91 Å². The molecule has 1 aliphatic rings. The molecule has 4 heteroatoms. The van der Waals surface area contributed by atoms with Crippen molar-refractivity contribution in [2.45, 2.75) is 25.8 Å². The van der Waals surface area contributed by atoms with Crippen LogP contribution < -0.4 is 10.1 Å². The van der Waals surface area contributed by atoms with E-state index in [4.69, 9.17) is 4.74 Å². The molecule has 2 rings (SSSR count). The van der Waals surface area contributed by atoms with E-state index in [2.05, 4.69) is 17.4 Å². The maximum atomic E-state index is 12.2. The number of carbonyl (C=O) groups is 1. The molecule has 1 saturated heterocycles. The summed E-state index contributed by atoms with van der Waals surface area (Å²) in [5, 5.41) is 3.24. The van der Waals surface area contributed by atoms with Crippen molar-refractivity contribution in [3.05, 3.63) is 29.8 Å². The fourth-order valence-electron chi connectivity index (χ4n) is 2.35. The van der Waals surface area contributed by atoms with Crippen LogP contribution in [-0.4, -0.2) is 43.1 Å². The van der Waals surface area contributed by atoms with Crippen molar-refractivity contribution >= 4 is 5.91 Å². The smallest absolute Gasteiger partial charge is 0.242 e. The van der Waals surface area contributed by atoms with Gasteiger partial charge in [-0.2, -0.15) is 0 Å². The van der Waals surface area contributed by atoms with Gasteiger partial charge in [0.15, 0.2) is 0 Å². The lowest BCUT2D eigenvalue weighted by Crippen LogP contribution is -2.61. The van der Waals surface area contributed by atoms with Crippen LogP contribution in [0.5, 0.6) is 5.75 Å². The van der Waals surface area contributed by atoms with E-state index in [9.17, 15) is 4.79 Å². The summed E-state index contributed by atoms with van der Waals surface area (Å²) in [5.74, 6) is 1.05. The van der Waals surface area contributed by atoms with Crippen molar-refractivity contribution < 1.29 is 9.53 Å². The minimum Gasteiger partial charge on any atom is -0.497 e. The Bertz CT molecular complexity index is 440. The third kappa shape index (κ3) is 3.26. The van der Waals surface area contributed by atoms with E-state index in [0.717, 1.165) is 31.8 Å². The van der Waals surface area contributed by atoms with Gasteiger partial charge in [-0.15, -0.1) is 0 Å². The maximum Gasteiger partial charge on any atom is 0.242 e. The number of piperazine rings is 1. The molecule has 0 bridgehead atoms. The molecule has 0 spiro atoms. The molecule has 1 aromatic rings. The molecule has 1 aliphatic heterocycles. The Kier molecular flexibility index (Phi) is 4.10. The second-order valence-corrected chi connectivity index (χ2v) is 5.44. The van der Waals surface area contributed by atoms with E-state index < -0.39 is 5.54 Å². The number of nitrogens with zero attached hydrogens (tertiary/aromatic N) is 1. The molecule has 0 atom stereocenters. The van der Waals surface area contributed by atoms with Crippen LogP contribution in [0.3, 0.4) is 0 Å². The Morgan fingerprint density at radius 3 is 2.63 bits per heavy atom. The number of ether oxygens (including phenoxy) is 1. The SMILES string of the molecule is COc1ccc(CCN2CCNC(C)(C)C2=O)cc1. The molecule has 1 amide bonds. The van der Waals surface area contributed by atoms with Crippen LogP contribution in [0.2, 0.25) is 0 Å². The molecular formula is C15H22N2O2. The number of carbonyl (C=O) groups excluding carboxylic acids is 1. The first-order valence-corrected chi connectivity index (χ1v) is 6.70. The Morgan fingerprint density at radius 1 is 1.32 bits per heavy atom. The van der Waals surface area contributed by atoms with Crippen molar-refractivity contribution in [2.75, 3.05) is 26.7 Å². The van der Waals surface area contributed by atoms with E-state index in [1.807, 2.05) is 30.9 Å². The largest absolute Gasteiger partial charge is 0.497 e. The van der Waals surface area contributed by atoms with Crippen molar-refractivity contribution in [2.24, 2.45) is 0 Å². The van der Waals surface area contributed by atoms with Crippen molar-refractivity contribution in [3.63, 3.8) is 0 Å². The topological polar surface area (TPSA) is 41.6 Å². The zero-order chi connectivity index (χ0) is 13.9. The van der Waals surface area contributed by atoms with Crippen molar-refractivity contribution in [1.29, 1.82) is 0 Å². The number of amides is 1. The summed E-state index contributed by atoms with van der Waals surface area (Å²) in [6.07, 6.45) is 0.881. The van der Waals surface area contributed by atoms with Gasteiger partial charge in [-0.1, -0.05) is 12.1 Å². The molecular weight excluding hydrogens is 240 g/mol. The number of hydrogen-bond donors (Lipinski definition) is 1. The van der Waals surface area contributed by atoms with E-state index in [1.165, 1.54) is 5.56 Å². The summed E-state index contributed by atoms with van der Waals surface area (Å²) >= 11 is 0. The molecule has 0 unspecified atom stereocenters. The average molecular weight is 262 g/mol. The minimum absolute atomic E-state index is 0.187. The lowest BCUT2D eigenvalue weighted by atomic mass is 10.0. The van der Waals surface area contributed by atoms with Gasteiger partial charge in [0.25, 0.3) is 0 Å². The highest BCUT2D eigenvalue weighted by Gasteiger charge is 2.34. The van der Waals surface area contributed by atoms with Gasteiger partial charge in [0, 0.05) is 19.6 Å². The molecule has 4 nitrogen and oxygen atoms in total. The fourth-order valence-corrected chi connectivity index (χ4v) is 2.35. The predicted octanol–water partition coefficient (Wildman–Crippen LogP) is 1.45. The van der Waals surface area contributed by atoms with Gasteiger partial charge >= 0.3 is 0 Å². The highest BCUT2D eigenvalue weighted by molar-refractivity contribution is 5.86. The third-order valence-electron chi connectivity index (χ3n) is 3.60. The molecule has 1 heterocycles. The molecule has 0 radical (unpaired) electrons. The zero-order valence-electron chi connectivity index (χ0n) is 11.9. The number of benzene rings is 1. The van der Waals surface area contributed by atoms with Crippen LogP contribution in [0.1, 0.15) is 19.4 Å². The van der Waals surface area contributed by atoms with Gasteiger partial charge in [-0.25, -0.2) is 0 Å². The van der Waals surface area contributed by atoms with Crippen LogP contribution in [-0.2, 0) is 11.2 Å². The third-order valence-corrected chi connectivity index (χ3v) is 3.60. The number of rotatable bonds is 4. The minimum atomic E-state index is -0.432. The highest BCUT2D eigenvalue weighted by atomic mass is 16.5. The summed E-state index contributed by atoms with van der Waals surface area (Å²) in [4.78, 5) is 14.2. The Balaban J connectivity index is 1.92. The van der Waals surface area contributed by atoms with Crippen molar-refractivity contribution in [1.82, 2.24) is 10.2 Å². The van der Waals surface area contributed by atoms with E-state index >= 15 is 0 Å². The van der Waals surface area contributed by atoms with Crippen LogP contribution >= 0.6 is 0 Å².